The van der Waals surface area contributed by atoms with Crippen LogP contribution in [-0.4, -0.2) is 18.3 Å². The van der Waals surface area contributed by atoms with Crippen LogP contribution in [0.15, 0.2) is 4.99 Å². The molecule has 0 spiro atoms. The zero-order valence-electron chi connectivity index (χ0n) is 7.89. The molecular weight excluding hydrogens is 174 g/mol. The van der Waals surface area contributed by atoms with Gasteiger partial charge in [0.2, 0.25) is 0 Å². The third kappa shape index (κ3) is 2.64. The quantitative estimate of drug-likeness (QED) is 0.537. The summed E-state index contributed by atoms with van der Waals surface area (Å²) in [7, 11) is 0. The van der Waals surface area contributed by atoms with Crippen LogP contribution in [0.2, 0.25) is 0 Å². The largest absolute Gasteiger partial charge is 0.387 e. The lowest BCUT2D eigenvalue weighted by Gasteiger charge is -2.16. The van der Waals surface area contributed by atoms with Gasteiger partial charge < -0.3 is 5.73 Å². The van der Waals surface area contributed by atoms with Crippen molar-refractivity contribution in [1.29, 1.82) is 0 Å². The van der Waals surface area contributed by atoms with Gasteiger partial charge in [-0.2, -0.15) is 0 Å². The molecule has 76 valence electrons. The fourth-order valence-electron chi connectivity index (χ4n) is 1.56. The minimum atomic E-state index is -2.52. The summed E-state index contributed by atoms with van der Waals surface area (Å²) in [5, 5.41) is 0. The van der Waals surface area contributed by atoms with E-state index in [-0.39, 0.29) is 13.0 Å². The van der Waals surface area contributed by atoms with E-state index in [1.54, 1.807) is 0 Å². The van der Waals surface area contributed by atoms with Gasteiger partial charge in [-0.15, -0.1) is 0 Å². The summed E-state index contributed by atoms with van der Waals surface area (Å²) >= 11 is 0. The van der Waals surface area contributed by atoms with Crippen molar-refractivity contribution in [2.45, 2.75) is 38.5 Å². The van der Waals surface area contributed by atoms with E-state index >= 15 is 0 Å². The highest BCUT2D eigenvalue weighted by molar-refractivity contribution is 5.79. The summed E-state index contributed by atoms with van der Waals surface area (Å²) in [5.74, 6) is -2.63. The maximum Gasteiger partial charge on any atom is 0.252 e. The first-order chi connectivity index (χ1) is 6.06. The standard InChI is InChI=1S/C9H16F2N2/c1-2-8(12)13-6-7-4-3-5-9(7,10)11/h7H,2-6H2,1H3,(H2,12,13). The fraction of sp³-hybridized carbons (Fsp3) is 0.889. The molecule has 1 rings (SSSR count). The van der Waals surface area contributed by atoms with Gasteiger partial charge >= 0.3 is 0 Å². The van der Waals surface area contributed by atoms with E-state index in [2.05, 4.69) is 4.99 Å². The van der Waals surface area contributed by atoms with Crippen LogP contribution in [0.1, 0.15) is 32.6 Å². The highest BCUT2D eigenvalue weighted by Gasteiger charge is 2.43. The number of hydrogen-bond donors (Lipinski definition) is 1. The van der Waals surface area contributed by atoms with Gasteiger partial charge in [-0.1, -0.05) is 6.92 Å². The first-order valence-electron chi connectivity index (χ1n) is 4.73. The van der Waals surface area contributed by atoms with Gasteiger partial charge in [0.05, 0.1) is 5.84 Å². The molecule has 1 aliphatic carbocycles. The van der Waals surface area contributed by atoms with Crippen molar-refractivity contribution >= 4 is 5.84 Å². The summed E-state index contributed by atoms with van der Waals surface area (Å²) in [6.45, 7) is 2.05. The van der Waals surface area contributed by atoms with E-state index < -0.39 is 11.8 Å². The van der Waals surface area contributed by atoms with Crippen LogP contribution < -0.4 is 5.73 Å². The van der Waals surface area contributed by atoms with E-state index in [0.717, 1.165) is 0 Å². The number of halogens is 2. The minimum Gasteiger partial charge on any atom is -0.387 e. The molecule has 1 unspecified atom stereocenters. The second kappa shape index (κ2) is 4.03. The first kappa shape index (κ1) is 10.4. The van der Waals surface area contributed by atoms with Crippen molar-refractivity contribution in [1.82, 2.24) is 0 Å². The van der Waals surface area contributed by atoms with Gasteiger partial charge in [0.25, 0.3) is 5.92 Å². The van der Waals surface area contributed by atoms with E-state index in [0.29, 0.717) is 25.1 Å². The predicted molar refractivity (Wildman–Crippen MR) is 49.1 cm³/mol. The number of nitrogens with two attached hydrogens (primary N) is 1. The summed E-state index contributed by atoms with van der Waals surface area (Å²) in [5.41, 5.74) is 5.44. The van der Waals surface area contributed by atoms with Crippen LogP contribution in [-0.2, 0) is 0 Å². The van der Waals surface area contributed by atoms with Gasteiger partial charge in [-0.25, -0.2) is 8.78 Å². The Bertz CT molecular complexity index is 202. The van der Waals surface area contributed by atoms with Crippen LogP contribution in [0.5, 0.6) is 0 Å². The Morgan fingerprint density at radius 1 is 1.62 bits per heavy atom. The zero-order valence-corrected chi connectivity index (χ0v) is 7.89. The number of amidine groups is 1. The molecule has 0 aromatic rings. The second-order valence-electron chi connectivity index (χ2n) is 3.54. The third-order valence-corrected chi connectivity index (χ3v) is 2.54. The Balaban J connectivity index is 2.45. The molecule has 1 atom stereocenters. The Kier molecular flexibility index (Phi) is 3.22. The highest BCUT2D eigenvalue weighted by atomic mass is 19.3. The molecule has 0 aliphatic heterocycles. The molecule has 4 heteroatoms. The fourth-order valence-corrected chi connectivity index (χ4v) is 1.56. The molecule has 2 N–H and O–H groups in total. The normalized spacial score (nSPS) is 27.9. The van der Waals surface area contributed by atoms with E-state index in [9.17, 15) is 8.78 Å². The lowest BCUT2D eigenvalue weighted by molar-refractivity contribution is -0.0330. The third-order valence-electron chi connectivity index (χ3n) is 2.54. The van der Waals surface area contributed by atoms with Crippen LogP contribution >= 0.6 is 0 Å². The predicted octanol–water partition coefficient (Wildman–Crippen LogP) is 2.19. The molecule has 0 heterocycles. The van der Waals surface area contributed by atoms with E-state index in [1.165, 1.54) is 0 Å². The van der Waals surface area contributed by atoms with E-state index in [4.69, 9.17) is 5.73 Å². The SMILES string of the molecule is CCC(N)=NCC1CCCC1(F)F. The van der Waals surface area contributed by atoms with Gasteiger partial charge in [-0.05, 0) is 12.8 Å². The molecule has 0 saturated heterocycles. The van der Waals surface area contributed by atoms with Gasteiger partial charge in [0.1, 0.15) is 0 Å². The minimum absolute atomic E-state index is 0.0131. The lowest BCUT2D eigenvalue weighted by Crippen LogP contribution is -2.25. The maximum atomic E-state index is 13.1. The highest BCUT2D eigenvalue weighted by Crippen LogP contribution is 2.40. The molecule has 0 radical (unpaired) electrons. The Morgan fingerprint density at radius 2 is 2.31 bits per heavy atom. The second-order valence-corrected chi connectivity index (χ2v) is 3.54. The molecule has 13 heavy (non-hydrogen) atoms. The van der Waals surface area contributed by atoms with Gasteiger partial charge in [-0.3, -0.25) is 4.99 Å². The topological polar surface area (TPSA) is 38.4 Å². The molecule has 0 aromatic heterocycles. The number of rotatable bonds is 3. The number of hydrogen-bond acceptors (Lipinski definition) is 1. The molecule has 1 fully saturated rings. The summed E-state index contributed by atoms with van der Waals surface area (Å²) in [6, 6.07) is 0. The molecule has 0 aromatic carbocycles. The molecule has 1 saturated carbocycles. The van der Waals surface area contributed by atoms with Gasteiger partial charge in [0, 0.05) is 25.3 Å². The number of aliphatic imine (C=N–C) groups is 1. The van der Waals surface area contributed by atoms with Crippen molar-refractivity contribution in [3.8, 4) is 0 Å². The first-order valence-corrected chi connectivity index (χ1v) is 4.73. The summed E-state index contributed by atoms with van der Waals surface area (Å²) < 4.78 is 26.1. The summed E-state index contributed by atoms with van der Waals surface area (Å²) in [6.07, 6.45) is 1.84. The van der Waals surface area contributed by atoms with Crippen molar-refractivity contribution in [3.63, 3.8) is 0 Å². The molecule has 1 aliphatic rings. The average Bonchev–Trinajstić information content (AvgIpc) is 2.41. The molecule has 0 amide bonds. The van der Waals surface area contributed by atoms with Crippen molar-refractivity contribution in [3.05, 3.63) is 0 Å². The maximum absolute atomic E-state index is 13.1. The Labute approximate surface area is 77.2 Å². The smallest absolute Gasteiger partial charge is 0.252 e. The summed E-state index contributed by atoms with van der Waals surface area (Å²) in [4.78, 5) is 3.93. The Hall–Kier alpha value is -0.670. The number of alkyl halides is 2. The van der Waals surface area contributed by atoms with Crippen LogP contribution in [0.25, 0.3) is 0 Å². The average molecular weight is 190 g/mol. The van der Waals surface area contributed by atoms with Crippen LogP contribution in [0.3, 0.4) is 0 Å². The van der Waals surface area contributed by atoms with Crippen molar-refractivity contribution < 1.29 is 8.78 Å². The van der Waals surface area contributed by atoms with Crippen LogP contribution in [0, 0.1) is 5.92 Å². The van der Waals surface area contributed by atoms with Crippen LogP contribution in [0.4, 0.5) is 8.78 Å². The number of nitrogens with zero attached hydrogens (tertiary/aromatic N) is 1. The van der Waals surface area contributed by atoms with E-state index in [1.807, 2.05) is 6.92 Å². The lowest BCUT2D eigenvalue weighted by atomic mass is 10.1. The zero-order chi connectivity index (χ0) is 9.90. The molecule has 0 bridgehead atoms. The molecule has 2 nitrogen and oxygen atoms in total. The van der Waals surface area contributed by atoms with Crippen molar-refractivity contribution in [2.75, 3.05) is 6.54 Å². The van der Waals surface area contributed by atoms with Gasteiger partial charge in [0.15, 0.2) is 0 Å². The van der Waals surface area contributed by atoms with Crippen molar-refractivity contribution in [2.24, 2.45) is 16.6 Å². The monoisotopic (exact) mass is 190 g/mol. The molecular formula is C9H16F2N2. The Morgan fingerprint density at radius 3 is 2.77 bits per heavy atom.